The molecule has 1 heterocycles. The molecular weight excluding hydrogens is 272 g/mol. The monoisotopic (exact) mass is 286 g/mol. The fourth-order valence-electron chi connectivity index (χ4n) is 1.61. The molecule has 1 fully saturated rings. The third kappa shape index (κ3) is 3.86. The fourth-order valence-corrected chi connectivity index (χ4v) is 2.10. The average molecular weight is 286 g/mol. The molecular formula is C8H14O9S. The molecule has 0 bridgehead atoms. The standard InChI is InChI=1S/C8H14O9S/c1-2-15-6-5(9)4(17-18(12,13)14)3-16-7(6)8(10)11/h4-7,9H,2-3H2,1H3,(H,10,11)(H,12,13,14). The molecule has 1 saturated heterocycles. The van der Waals surface area contributed by atoms with E-state index in [1.54, 1.807) is 6.92 Å². The number of aliphatic hydroxyl groups is 1. The van der Waals surface area contributed by atoms with Crippen molar-refractivity contribution in [2.45, 2.75) is 31.3 Å². The van der Waals surface area contributed by atoms with Gasteiger partial charge < -0.3 is 19.7 Å². The second-order valence-electron chi connectivity index (χ2n) is 3.57. The lowest BCUT2D eigenvalue weighted by Gasteiger charge is -2.36. The summed E-state index contributed by atoms with van der Waals surface area (Å²) in [4.78, 5) is 10.9. The van der Waals surface area contributed by atoms with Gasteiger partial charge in [-0.2, -0.15) is 8.42 Å². The fraction of sp³-hybridized carbons (Fsp3) is 0.875. The van der Waals surface area contributed by atoms with Gasteiger partial charge in [0.1, 0.15) is 18.3 Å². The molecule has 4 unspecified atom stereocenters. The first kappa shape index (κ1) is 15.3. The Bertz CT molecular complexity index is 391. The van der Waals surface area contributed by atoms with Crippen LogP contribution in [0.1, 0.15) is 6.92 Å². The Balaban J connectivity index is 2.82. The van der Waals surface area contributed by atoms with Crippen LogP contribution in [0.25, 0.3) is 0 Å². The van der Waals surface area contributed by atoms with E-state index in [4.69, 9.17) is 19.1 Å². The number of hydrogen-bond donors (Lipinski definition) is 3. The van der Waals surface area contributed by atoms with Crippen LogP contribution in [-0.2, 0) is 28.9 Å². The van der Waals surface area contributed by atoms with E-state index < -0.39 is 47.4 Å². The molecule has 18 heavy (non-hydrogen) atoms. The van der Waals surface area contributed by atoms with E-state index in [1.807, 2.05) is 0 Å². The molecule has 4 atom stereocenters. The van der Waals surface area contributed by atoms with Gasteiger partial charge in [-0.3, -0.25) is 4.55 Å². The summed E-state index contributed by atoms with van der Waals surface area (Å²) in [5.74, 6) is -1.35. The first-order valence-corrected chi connectivity index (χ1v) is 6.42. The summed E-state index contributed by atoms with van der Waals surface area (Å²) in [6.07, 6.45) is -5.69. The molecule has 9 nitrogen and oxygen atoms in total. The SMILES string of the molecule is CCOC1C(C(=O)O)OCC(OS(=O)(=O)O)C1O. The quantitative estimate of drug-likeness (QED) is 0.511. The van der Waals surface area contributed by atoms with Crippen LogP contribution in [0.5, 0.6) is 0 Å². The van der Waals surface area contributed by atoms with Gasteiger partial charge in [-0.25, -0.2) is 8.98 Å². The average Bonchev–Trinajstić information content (AvgIpc) is 2.22. The first-order valence-electron chi connectivity index (χ1n) is 5.06. The normalized spacial score (nSPS) is 33.3. The van der Waals surface area contributed by atoms with Crippen LogP contribution < -0.4 is 0 Å². The maximum absolute atomic E-state index is 10.9. The lowest BCUT2D eigenvalue weighted by molar-refractivity contribution is -0.208. The second-order valence-corrected chi connectivity index (χ2v) is 4.61. The summed E-state index contributed by atoms with van der Waals surface area (Å²) >= 11 is 0. The third-order valence-corrected chi connectivity index (χ3v) is 2.79. The van der Waals surface area contributed by atoms with Crippen LogP contribution in [0.3, 0.4) is 0 Å². The van der Waals surface area contributed by atoms with Crippen molar-refractivity contribution in [3.8, 4) is 0 Å². The molecule has 0 aromatic carbocycles. The van der Waals surface area contributed by atoms with Crippen molar-refractivity contribution in [3.05, 3.63) is 0 Å². The lowest BCUT2D eigenvalue weighted by Crippen LogP contribution is -2.57. The molecule has 1 aliphatic rings. The topological polar surface area (TPSA) is 140 Å². The van der Waals surface area contributed by atoms with Gasteiger partial charge in [0.2, 0.25) is 0 Å². The second kappa shape index (κ2) is 5.91. The minimum atomic E-state index is -4.78. The first-order chi connectivity index (χ1) is 8.26. The smallest absolute Gasteiger partial charge is 0.397 e. The maximum atomic E-state index is 10.9. The molecule has 10 heteroatoms. The zero-order valence-electron chi connectivity index (χ0n) is 9.42. The van der Waals surface area contributed by atoms with E-state index >= 15 is 0 Å². The Morgan fingerprint density at radius 3 is 2.56 bits per heavy atom. The largest absolute Gasteiger partial charge is 0.479 e. The highest BCUT2D eigenvalue weighted by Gasteiger charge is 2.45. The number of ether oxygens (including phenoxy) is 2. The Morgan fingerprint density at radius 2 is 2.11 bits per heavy atom. The van der Waals surface area contributed by atoms with Gasteiger partial charge in [-0.05, 0) is 6.92 Å². The van der Waals surface area contributed by atoms with Crippen LogP contribution in [0.15, 0.2) is 0 Å². The van der Waals surface area contributed by atoms with E-state index in [1.165, 1.54) is 0 Å². The molecule has 0 radical (unpaired) electrons. The Hall–Kier alpha value is -0.780. The summed E-state index contributed by atoms with van der Waals surface area (Å²) in [5, 5.41) is 18.6. The minimum absolute atomic E-state index is 0.0907. The van der Waals surface area contributed by atoms with Crippen molar-refractivity contribution >= 4 is 16.4 Å². The number of hydrogen-bond acceptors (Lipinski definition) is 7. The van der Waals surface area contributed by atoms with Gasteiger partial charge >= 0.3 is 16.4 Å². The number of aliphatic carboxylic acids is 1. The third-order valence-electron chi connectivity index (χ3n) is 2.30. The highest BCUT2D eigenvalue weighted by molar-refractivity contribution is 7.80. The zero-order chi connectivity index (χ0) is 13.9. The summed E-state index contributed by atoms with van der Waals surface area (Å²) < 4.78 is 43.6. The molecule has 3 N–H and O–H groups in total. The number of carbonyl (C=O) groups is 1. The van der Waals surface area contributed by atoms with Crippen molar-refractivity contribution < 1.29 is 41.6 Å². The molecule has 0 spiro atoms. The van der Waals surface area contributed by atoms with Crippen LogP contribution in [-0.4, -0.2) is 66.8 Å². The Labute approximate surface area is 103 Å². The van der Waals surface area contributed by atoms with E-state index in [0.29, 0.717) is 0 Å². The van der Waals surface area contributed by atoms with E-state index in [9.17, 15) is 18.3 Å². The van der Waals surface area contributed by atoms with E-state index in [-0.39, 0.29) is 6.61 Å². The number of aliphatic hydroxyl groups excluding tert-OH is 1. The van der Waals surface area contributed by atoms with Crippen molar-refractivity contribution in [1.82, 2.24) is 0 Å². The van der Waals surface area contributed by atoms with Gasteiger partial charge in [-0.15, -0.1) is 0 Å². The van der Waals surface area contributed by atoms with Crippen molar-refractivity contribution in [1.29, 1.82) is 0 Å². The van der Waals surface area contributed by atoms with Crippen LogP contribution in [0.4, 0.5) is 0 Å². The number of rotatable bonds is 5. The van der Waals surface area contributed by atoms with Crippen LogP contribution in [0.2, 0.25) is 0 Å². The predicted octanol–water partition coefficient (Wildman–Crippen LogP) is -1.58. The Kier molecular flexibility index (Phi) is 5.01. The zero-order valence-corrected chi connectivity index (χ0v) is 10.2. The molecule has 1 aliphatic heterocycles. The molecule has 0 aliphatic carbocycles. The van der Waals surface area contributed by atoms with E-state index in [0.717, 1.165) is 0 Å². The summed E-state index contributed by atoms with van der Waals surface area (Å²) in [6, 6.07) is 0. The van der Waals surface area contributed by atoms with Gasteiger partial charge in [0.15, 0.2) is 6.10 Å². The highest BCUT2D eigenvalue weighted by atomic mass is 32.3. The van der Waals surface area contributed by atoms with Gasteiger partial charge in [0.25, 0.3) is 0 Å². The van der Waals surface area contributed by atoms with Gasteiger partial charge in [-0.1, -0.05) is 0 Å². The molecule has 0 saturated carbocycles. The summed E-state index contributed by atoms with van der Waals surface area (Å²) in [6.45, 7) is 1.16. The van der Waals surface area contributed by atoms with Crippen LogP contribution in [0, 0.1) is 0 Å². The highest BCUT2D eigenvalue weighted by Crippen LogP contribution is 2.22. The van der Waals surface area contributed by atoms with Crippen molar-refractivity contribution in [2.75, 3.05) is 13.2 Å². The minimum Gasteiger partial charge on any atom is -0.479 e. The number of carboxylic acids is 1. The Morgan fingerprint density at radius 1 is 1.50 bits per heavy atom. The van der Waals surface area contributed by atoms with E-state index in [2.05, 4.69) is 4.18 Å². The lowest BCUT2D eigenvalue weighted by atomic mass is 10.00. The number of carboxylic acid groups (broad SMARTS) is 1. The van der Waals surface area contributed by atoms with Gasteiger partial charge in [0.05, 0.1) is 6.61 Å². The molecule has 1 rings (SSSR count). The molecule has 0 aromatic rings. The summed E-state index contributed by atoms with van der Waals surface area (Å²) in [7, 11) is -4.78. The van der Waals surface area contributed by atoms with Crippen molar-refractivity contribution in [3.63, 3.8) is 0 Å². The summed E-state index contributed by atoms with van der Waals surface area (Å²) in [5.41, 5.74) is 0. The molecule has 0 amide bonds. The van der Waals surface area contributed by atoms with Crippen molar-refractivity contribution in [2.24, 2.45) is 0 Å². The molecule has 0 aromatic heterocycles. The molecule has 106 valence electrons. The van der Waals surface area contributed by atoms with Crippen LogP contribution >= 0.6 is 0 Å². The van der Waals surface area contributed by atoms with Gasteiger partial charge in [0, 0.05) is 6.61 Å². The maximum Gasteiger partial charge on any atom is 0.397 e. The predicted molar refractivity (Wildman–Crippen MR) is 55.2 cm³/mol.